The van der Waals surface area contributed by atoms with Crippen LogP contribution in [0.2, 0.25) is 0 Å². The molecule has 98 valence electrons. The Bertz CT molecular complexity index is 412. The highest BCUT2D eigenvalue weighted by molar-refractivity contribution is 5.28. The van der Waals surface area contributed by atoms with Gasteiger partial charge in [0.25, 0.3) is 0 Å². The summed E-state index contributed by atoms with van der Waals surface area (Å²) in [5.41, 5.74) is 2.93. The van der Waals surface area contributed by atoms with Crippen LogP contribution in [0.5, 0.6) is 0 Å². The second-order valence-corrected chi connectivity index (χ2v) is 6.37. The van der Waals surface area contributed by atoms with Gasteiger partial charge in [0.2, 0.25) is 0 Å². The minimum atomic E-state index is 0.551. The van der Waals surface area contributed by atoms with E-state index in [2.05, 4.69) is 43.6 Å². The molecule has 0 saturated heterocycles. The zero-order valence-electron chi connectivity index (χ0n) is 11.7. The summed E-state index contributed by atoms with van der Waals surface area (Å²) in [6.45, 7) is 2.24. The van der Waals surface area contributed by atoms with Crippen molar-refractivity contribution in [2.24, 2.45) is 17.8 Å². The smallest absolute Gasteiger partial charge is 0.0322 e. The first kappa shape index (κ1) is 12.2. The van der Waals surface area contributed by atoms with E-state index in [4.69, 9.17) is 0 Å². The number of fused-ring (bicyclic) bond motifs is 2. The van der Waals surface area contributed by atoms with Crippen LogP contribution in [0, 0.1) is 24.7 Å². The minimum absolute atomic E-state index is 0.551. The summed E-state index contributed by atoms with van der Waals surface area (Å²) in [6.07, 6.45) is 7.36. The molecule has 4 atom stereocenters. The fourth-order valence-electron chi connectivity index (χ4n) is 4.35. The minimum Gasteiger partial charge on any atom is -0.313 e. The Morgan fingerprint density at radius 3 is 2.67 bits per heavy atom. The Balaban J connectivity index is 1.72. The molecule has 0 heterocycles. The molecule has 1 nitrogen and oxygen atoms in total. The Morgan fingerprint density at radius 1 is 1.22 bits per heavy atom. The van der Waals surface area contributed by atoms with E-state index in [1.54, 1.807) is 0 Å². The summed E-state index contributed by atoms with van der Waals surface area (Å²) < 4.78 is 0. The average Bonchev–Trinajstić information content (AvgIpc) is 2.99. The summed E-state index contributed by atoms with van der Waals surface area (Å²) in [5.74, 6) is 3.07. The van der Waals surface area contributed by atoms with E-state index in [0.29, 0.717) is 6.04 Å². The first-order chi connectivity index (χ1) is 8.78. The zero-order chi connectivity index (χ0) is 12.5. The van der Waals surface area contributed by atoms with Crippen LogP contribution < -0.4 is 5.32 Å². The normalized spacial score (nSPS) is 31.8. The molecule has 0 radical (unpaired) electrons. The lowest BCUT2D eigenvalue weighted by molar-refractivity contribution is 0.284. The molecular formula is C17H25N. The van der Waals surface area contributed by atoms with Crippen LogP contribution in [0.15, 0.2) is 24.3 Å². The van der Waals surface area contributed by atoms with Gasteiger partial charge in [-0.15, -0.1) is 0 Å². The molecule has 2 aliphatic carbocycles. The maximum atomic E-state index is 3.55. The Labute approximate surface area is 111 Å². The van der Waals surface area contributed by atoms with Gasteiger partial charge in [-0.1, -0.05) is 30.7 Å². The summed E-state index contributed by atoms with van der Waals surface area (Å²) >= 11 is 0. The van der Waals surface area contributed by atoms with Gasteiger partial charge in [0.05, 0.1) is 0 Å². The fraction of sp³-hybridized carbons (Fsp3) is 0.647. The van der Waals surface area contributed by atoms with Crippen LogP contribution in [0.1, 0.15) is 49.3 Å². The van der Waals surface area contributed by atoms with E-state index in [-0.39, 0.29) is 0 Å². The first-order valence-electron chi connectivity index (χ1n) is 7.50. The lowest BCUT2D eigenvalue weighted by Crippen LogP contribution is -2.23. The second kappa shape index (κ2) is 5.05. The van der Waals surface area contributed by atoms with Crippen LogP contribution in [0.25, 0.3) is 0 Å². The molecule has 2 fully saturated rings. The molecule has 2 bridgehead atoms. The highest BCUT2D eigenvalue weighted by Gasteiger charge is 2.40. The zero-order valence-corrected chi connectivity index (χ0v) is 11.7. The average molecular weight is 243 g/mol. The maximum Gasteiger partial charge on any atom is 0.0322 e. The third kappa shape index (κ3) is 2.21. The summed E-state index contributed by atoms with van der Waals surface area (Å²) in [6, 6.07) is 9.40. The largest absolute Gasteiger partial charge is 0.313 e. The topological polar surface area (TPSA) is 12.0 Å². The predicted octanol–water partition coefficient (Wildman–Crippen LogP) is 4.08. The van der Waals surface area contributed by atoms with Gasteiger partial charge in [0, 0.05) is 6.04 Å². The number of hydrogen-bond acceptors (Lipinski definition) is 1. The third-order valence-corrected chi connectivity index (χ3v) is 5.34. The van der Waals surface area contributed by atoms with E-state index in [1.807, 2.05) is 0 Å². The molecule has 2 aliphatic rings. The molecule has 0 aromatic heterocycles. The van der Waals surface area contributed by atoms with Crippen molar-refractivity contribution in [1.29, 1.82) is 0 Å². The maximum absolute atomic E-state index is 3.55. The monoisotopic (exact) mass is 243 g/mol. The number of rotatable bonds is 4. The quantitative estimate of drug-likeness (QED) is 0.840. The van der Waals surface area contributed by atoms with Gasteiger partial charge in [-0.05, 0) is 68.5 Å². The number of benzene rings is 1. The van der Waals surface area contributed by atoms with Crippen molar-refractivity contribution in [1.82, 2.24) is 5.32 Å². The second-order valence-electron chi connectivity index (χ2n) is 6.37. The van der Waals surface area contributed by atoms with Crippen LogP contribution >= 0.6 is 0 Å². The van der Waals surface area contributed by atoms with Crippen LogP contribution in [-0.4, -0.2) is 7.05 Å². The molecule has 18 heavy (non-hydrogen) atoms. The molecule has 0 spiro atoms. The van der Waals surface area contributed by atoms with Crippen molar-refractivity contribution >= 4 is 0 Å². The van der Waals surface area contributed by atoms with Crippen LogP contribution in [-0.2, 0) is 0 Å². The Hall–Kier alpha value is -0.820. The molecule has 1 N–H and O–H groups in total. The predicted molar refractivity (Wildman–Crippen MR) is 76.5 cm³/mol. The van der Waals surface area contributed by atoms with Gasteiger partial charge in [0.1, 0.15) is 0 Å². The van der Waals surface area contributed by atoms with E-state index in [9.17, 15) is 0 Å². The third-order valence-electron chi connectivity index (χ3n) is 5.34. The van der Waals surface area contributed by atoms with Crippen molar-refractivity contribution in [3.05, 3.63) is 35.4 Å². The first-order valence-corrected chi connectivity index (χ1v) is 7.50. The molecule has 3 rings (SSSR count). The molecule has 1 aromatic carbocycles. The van der Waals surface area contributed by atoms with Gasteiger partial charge < -0.3 is 5.32 Å². The van der Waals surface area contributed by atoms with Gasteiger partial charge in [-0.25, -0.2) is 0 Å². The molecule has 1 heteroatoms. The van der Waals surface area contributed by atoms with Crippen molar-refractivity contribution in [2.45, 2.75) is 45.1 Å². The van der Waals surface area contributed by atoms with E-state index in [0.717, 1.165) is 17.8 Å². The van der Waals surface area contributed by atoms with Crippen LogP contribution in [0.4, 0.5) is 0 Å². The summed E-state index contributed by atoms with van der Waals surface area (Å²) in [4.78, 5) is 0. The van der Waals surface area contributed by atoms with Gasteiger partial charge >= 0.3 is 0 Å². The van der Waals surface area contributed by atoms with Gasteiger partial charge in [0.15, 0.2) is 0 Å². The molecule has 2 saturated carbocycles. The Kier molecular flexibility index (Phi) is 3.43. The number of hydrogen-bond donors (Lipinski definition) is 1. The Morgan fingerprint density at radius 2 is 2.06 bits per heavy atom. The number of nitrogens with one attached hydrogen (secondary N) is 1. The van der Waals surface area contributed by atoms with E-state index >= 15 is 0 Å². The van der Waals surface area contributed by atoms with Crippen molar-refractivity contribution in [3.63, 3.8) is 0 Å². The van der Waals surface area contributed by atoms with Crippen LogP contribution in [0.3, 0.4) is 0 Å². The summed E-state index contributed by atoms with van der Waals surface area (Å²) in [5, 5.41) is 3.55. The lowest BCUT2D eigenvalue weighted by atomic mass is 9.82. The highest BCUT2D eigenvalue weighted by Crippen LogP contribution is 2.51. The molecule has 0 amide bonds. The molecule has 4 unspecified atom stereocenters. The van der Waals surface area contributed by atoms with Crippen molar-refractivity contribution in [2.75, 3.05) is 7.05 Å². The van der Waals surface area contributed by atoms with Gasteiger partial charge in [-0.3, -0.25) is 0 Å². The van der Waals surface area contributed by atoms with E-state index in [1.165, 1.54) is 43.2 Å². The SMILES string of the molecule is CNC(CC1CC2CCC1C2)c1ccccc1C. The molecule has 1 aromatic rings. The van der Waals surface area contributed by atoms with Gasteiger partial charge in [-0.2, -0.15) is 0 Å². The van der Waals surface area contributed by atoms with Crippen molar-refractivity contribution in [3.8, 4) is 0 Å². The standard InChI is InChI=1S/C17H25N/c1-12-5-3-4-6-16(12)17(18-2)11-15-10-13-7-8-14(15)9-13/h3-6,13-15,17-18H,7-11H2,1-2H3. The van der Waals surface area contributed by atoms with Crippen molar-refractivity contribution < 1.29 is 0 Å². The fourth-order valence-corrected chi connectivity index (χ4v) is 4.35. The van der Waals surface area contributed by atoms with E-state index < -0.39 is 0 Å². The highest BCUT2D eigenvalue weighted by atomic mass is 14.9. The molecular weight excluding hydrogens is 218 g/mol. The summed E-state index contributed by atoms with van der Waals surface area (Å²) in [7, 11) is 2.12. The molecule has 0 aliphatic heterocycles. The lowest BCUT2D eigenvalue weighted by Gasteiger charge is -2.27. The number of aryl methyl sites for hydroxylation is 1.